The van der Waals surface area contributed by atoms with Gasteiger partial charge in [0.25, 0.3) is 0 Å². The van der Waals surface area contributed by atoms with Gasteiger partial charge in [-0.1, -0.05) is 12.1 Å². The van der Waals surface area contributed by atoms with Gasteiger partial charge in [0.2, 0.25) is 5.91 Å². The summed E-state index contributed by atoms with van der Waals surface area (Å²) in [5.41, 5.74) is 1.74. The van der Waals surface area contributed by atoms with Gasteiger partial charge < -0.3 is 14.7 Å². The van der Waals surface area contributed by atoms with Crippen LogP contribution >= 0.6 is 0 Å². The highest BCUT2D eigenvalue weighted by Gasteiger charge is 2.34. The van der Waals surface area contributed by atoms with Gasteiger partial charge in [-0.05, 0) is 34.5 Å². The largest absolute Gasteiger partial charge is 0.394 e. The van der Waals surface area contributed by atoms with Crippen molar-refractivity contribution in [1.29, 1.82) is 0 Å². The molecule has 1 N–H and O–H groups in total. The van der Waals surface area contributed by atoms with E-state index >= 15 is 0 Å². The average molecular weight is 317 g/mol. The quantitative estimate of drug-likeness (QED) is 0.822. The van der Waals surface area contributed by atoms with Crippen LogP contribution in [-0.2, 0) is 16.0 Å². The molecule has 1 aliphatic heterocycles. The first-order valence-corrected chi connectivity index (χ1v) is 7.46. The molecular formula is C15H19N5O3. The summed E-state index contributed by atoms with van der Waals surface area (Å²) in [6, 6.07) is 7.34. The molecule has 0 spiro atoms. The molecule has 0 bridgehead atoms. The summed E-state index contributed by atoms with van der Waals surface area (Å²) in [6.45, 7) is 0.493. The molecule has 1 aromatic heterocycles. The molecule has 1 fully saturated rings. The van der Waals surface area contributed by atoms with Crippen molar-refractivity contribution in [3.63, 3.8) is 0 Å². The fourth-order valence-electron chi connectivity index (χ4n) is 2.85. The van der Waals surface area contributed by atoms with Gasteiger partial charge in [-0.15, -0.1) is 5.10 Å². The minimum absolute atomic E-state index is 0.00114. The van der Waals surface area contributed by atoms with Crippen LogP contribution in [0.3, 0.4) is 0 Å². The van der Waals surface area contributed by atoms with E-state index in [-0.39, 0.29) is 24.7 Å². The third kappa shape index (κ3) is 3.38. The van der Waals surface area contributed by atoms with Crippen molar-refractivity contribution < 1.29 is 14.6 Å². The summed E-state index contributed by atoms with van der Waals surface area (Å²) < 4.78 is 6.86. The van der Waals surface area contributed by atoms with Crippen molar-refractivity contribution in [1.82, 2.24) is 25.1 Å². The Morgan fingerprint density at radius 1 is 1.39 bits per heavy atom. The number of carbonyl (C=O) groups excluding carboxylic acids is 1. The van der Waals surface area contributed by atoms with Crippen LogP contribution in [-0.4, -0.2) is 68.5 Å². The summed E-state index contributed by atoms with van der Waals surface area (Å²) in [5.74, 6) is -0.00114. The maximum Gasteiger partial charge on any atom is 0.227 e. The van der Waals surface area contributed by atoms with Gasteiger partial charge in [0.15, 0.2) is 0 Å². The smallest absolute Gasteiger partial charge is 0.227 e. The number of aromatic nitrogens is 4. The minimum Gasteiger partial charge on any atom is -0.394 e. The van der Waals surface area contributed by atoms with Gasteiger partial charge in [-0.2, -0.15) is 0 Å². The summed E-state index contributed by atoms with van der Waals surface area (Å²) >= 11 is 0. The average Bonchev–Trinajstić information content (AvgIpc) is 3.25. The Kier molecular flexibility index (Phi) is 4.63. The van der Waals surface area contributed by atoms with Crippen LogP contribution in [0.2, 0.25) is 0 Å². The number of amides is 1. The molecule has 23 heavy (non-hydrogen) atoms. The lowest BCUT2D eigenvalue weighted by atomic mass is 10.1. The molecule has 2 heterocycles. The number of nitrogens with zero attached hydrogens (tertiary/aromatic N) is 5. The summed E-state index contributed by atoms with van der Waals surface area (Å²) in [7, 11) is 1.63. The van der Waals surface area contributed by atoms with Crippen LogP contribution in [0.5, 0.6) is 0 Å². The van der Waals surface area contributed by atoms with E-state index < -0.39 is 0 Å². The van der Waals surface area contributed by atoms with Crippen molar-refractivity contribution >= 4 is 5.91 Å². The lowest BCUT2D eigenvalue weighted by molar-refractivity contribution is -0.132. The maximum atomic E-state index is 12.5. The number of hydrogen-bond acceptors (Lipinski definition) is 6. The van der Waals surface area contributed by atoms with E-state index in [0.29, 0.717) is 19.4 Å². The van der Waals surface area contributed by atoms with E-state index in [1.807, 2.05) is 24.3 Å². The molecule has 1 amide bonds. The molecule has 1 aromatic carbocycles. The standard InChI is InChI=1S/C15H19N5O3/c1-23-14-7-13(9-21)19(8-14)15(22)6-11-2-4-12(5-3-11)20-10-16-17-18-20/h2-5,10,13-14,21H,6-9H2,1H3/t13-,14-/m0/s1. The highest BCUT2D eigenvalue weighted by molar-refractivity contribution is 5.79. The molecule has 122 valence electrons. The molecule has 1 saturated heterocycles. The number of benzene rings is 1. The van der Waals surface area contributed by atoms with Crippen molar-refractivity contribution in [2.24, 2.45) is 0 Å². The molecule has 3 rings (SSSR count). The first-order valence-electron chi connectivity index (χ1n) is 7.46. The number of carbonyl (C=O) groups is 1. The highest BCUT2D eigenvalue weighted by atomic mass is 16.5. The Labute approximate surface area is 133 Å². The molecule has 8 nitrogen and oxygen atoms in total. The van der Waals surface area contributed by atoms with Gasteiger partial charge in [-0.3, -0.25) is 4.79 Å². The SMILES string of the molecule is CO[C@H]1C[C@@H](CO)N(C(=O)Cc2ccc(-n3cnnn3)cc2)C1. The zero-order valence-corrected chi connectivity index (χ0v) is 12.9. The lowest BCUT2D eigenvalue weighted by Crippen LogP contribution is -2.39. The zero-order chi connectivity index (χ0) is 16.2. The number of likely N-dealkylation sites (tertiary alicyclic amines) is 1. The highest BCUT2D eigenvalue weighted by Crippen LogP contribution is 2.21. The molecule has 0 aliphatic carbocycles. The number of ether oxygens (including phenoxy) is 1. The predicted octanol–water partition coefficient (Wildman–Crippen LogP) is -0.187. The van der Waals surface area contributed by atoms with Crippen LogP contribution in [0.15, 0.2) is 30.6 Å². The second kappa shape index (κ2) is 6.84. The summed E-state index contributed by atoms with van der Waals surface area (Å²) in [6.07, 6.45) is 2.49. The van der Waals surface area contributed by atoms with Crippen LogP contribution in [0.4, 0.5) is 0 Å². The van der Waals surface area contributed by atoms with E-state index in [9.17, 15) is 9.90 Å². The number of aliphatic hydroxyl groups excluding tert-OH is 1. The number of methoxy groups -OCH3 is 1. The Hall–Kier alpha value is -2.32. The molecule has 8 heteroatoms. The fourth-order valence-corrected chi connectivity index (χ4v) is 2.85. The van der Waals surface area contributed by atoms with Crippen molar-refractivity contribution in [3.8, 4) is 5.69 Å². The predicted molar refractivity (Wildman–Crippen MR) is 80.9 cm³/mol. The van der Waals surface area contributed by atoms with Crippen LogP contribution in [0.25, 0.3) is 5.69 Å². The molecule has 2 aromatic rings. The zero-order valence-electron chi connectivity index (χ0n) is 12.9. The van der Waals surface area contributed by atoms with Gasteiger partial charge in [-0.25, -0.2) is 4.68 Å². The van der Waals surface area contributed by atoms with E-state index in [2.05, 4.69) is 15.5 Å². The monoisotopic (exact) mass is 317 g/mol. The van der Waals surface area contributed by atoms with Gasteiger partial charge in [0.1, 0.15) is 6.33 Å². The Balaban J connectivity index is 1.66. The summed E-state index contributed by atoms with van der Waals surface area (Å²) in [4.78, 5) is 14.2. The third-order valence-corrected chi connectivity index (χ3v) is 4.15. The Morgan fingerprint density at radius 2 is 2.17 bits per heavy atom. The first kappa shape index (κ1) is 15.6. The Morgan fingerprint density at radius 3 is 2.78 bits per heavy atom. The van der Waals surface area contributed by atoms with Gasteiger partial charge in [0, 0.05) is 13.7 Å². The van der Waals surface area contributed by atoms with E-state index in [1.165, 1.54) is 6.33 Å². The first-order chi connectivity index (χ1) is 11.2. The van der Waals surface area contributed by atoms with E-state index in [1.54, 1.807) is 16.7 Å². The molecule has 0 unspecified atom stereocenters. The van der Waals surface area contributed by atoms with E-state index in [4.69, 9.17) is 4.74 Å². The number of tetrazole rings is 1. The molecule has 0 saturated carbocycles. The molecule has 1 aliphatic rings. The maximum absolute atomic E-state index is 12.5. The van der Waals surface area contributed by atoms with Crippen LogP contribution in [0, 0.1) is 0 Å². The molecule has 2 atom stereocenters. The van der Waals surface area contributed by atoms with Gasteiger partial charge >= 0.3 is 0 Å². The molecular weight excluding hydrogens is 298 g/mol. The normalized spacial score (nSPS) is 20.9. The van der Waals surface area contributed by atoms with Crippen molar-refractivity contribution in [3.05, 3.63) is 36.2 Å². The second-order valence-electron chi connectivity index (χ2n) is 5.57. The minimum atomic E-state index is -0.159. The summed E-state index contributed by atoms with van der Waals surface area (Å²) in [5, 5.41) is 20.4. The van der Waals surface area contributed by atoms with E-state index in [0.717, 1.165) is 11.3 Å². The van der Waals surface area contributed by atoms with Crippen molar-refractivity contribution in [2.75, 3.05) is 20.3 Å². The second-order valence-corrected chi connectivity index (χ2v) is 5.57. The van der Waals surface area contributed by atoms with Crippen LogP contribution in [0.1, 0.15) is 12.0 Å². The van der Waals surface area contributed by atoms with Crippen molar-refractivity contribution in [2.45, 2.75) is 25.0 Å². The molecule has 0 radical (unpaired) electrons. The Bertz CT molecular complexity index is 644. The lowest BCUT2D eigenvalue weighted by Gasteiger charge is -2.22. The topological polar surface area (TPSA) is 93.4 Å². The number of aliphatic hydroxyl groups is 1. The van der Waals surface area contributed by atoms with Crippen LogP contribution < -0.4 is 0 Å². The number of hydrogen-bond donors (Lipinski definition) is 1. The van der Waals surface area contributed by atoms with Gasteiger partial charge in [0.05, 0.1) is 30.9 Å². The number of rotatable bonds is 5. The fraction of sp³-hybridized carbons (Fsp3) is 0.467. The third-order valence-electron chi connectivity index (χ3n) is 4.15.